The fraction of sp³-hybridized carbons (Fsp3) is 0.529. The van der Waals surface area contributed by atoms with Gasteiger partial charge in [0.15, 0.2) is 8.32 Å². The lowest BCUT2D eigenvalue weighted by Gasteiger charge is -2.39. The lowest BCUT2D eigenvalue weighted by atomic mass is 9.91. The number of rotatable bonds is 16. The van der Waals surface area contributed by atoms with Gasteiger partial charge in [-0.2, -0.15) is 0 Å². The zero-order chi connectivity index (χ0) is 47.2. The summed E-state index contributed by atoms with van der Waals surface area (Å²) in [5, 5.41) is 38.5. The highest BCUT2D eigenvalue weighted by Crippen LogP contribution is 2.43. The Labute approximate surface area is 397 Å². The van der Waals surface area contributed by atoms with Gasteiger partial charge in [0.2, 0.25) is 11.2 Å². The molecule has 2 atom stereocenters. The number of hydrogen-bond acceptors (Lipinski definition) is 12. The fourth-order valence-electron chi connectivity index (χ4n) is 9.52. The first kappa shape index (κ1) is 48.2. The van der Waals surface area contributed by atoms with Gasteiger partial charge in [-0.1, -0.05) is 58.9 Å². The second-order valence-electron chi connectivity index (χ2n) is 21.1. The Balaban J connectivity index is 0.881. The molecule has 8 rings (SSSR count). The van der Waals surface area contributed by atoms with Gasteiger partial charge in [-0.25, -0.2) is 9.48 Å². The van der Waals surface area contributed by atoms with Crippen LogP contribution in [0.25, 0.3) is 21.9 Å². The van der Waals surface area contributed by atoms with Crippen LogP contribution in [-0.2, 0) is 50.9 Å². The van der Waals surface area contributed by atoms with Crippen molar-refractivity contribution in [2.24, 2.45) is 0 Å². The first-order valence-corrected chi connectivity index (χ1v) is 28.2. The molecule has 0 saturated heterocycles. The number of phenols is 1. The van der Waals surface area contributed by atoms with E-state index in [0.29, 0.717) is 34.4 Å². The first-order chi connectivity index (χ1) is 31.2. The standard InChI is InChI=1S/C51H68N6O6S2Si/c1-49(2,3)42-23-24-44(65-42)51(61,43-15-11-28-64-43)48(60)62-34-18-16-33(17-19-34)56(7)26-12-27-57-47-38-14-10-13-35(38)32(29-39(47)54-55-57)30-52-31-41(63-66(8,9)50(4,5)6)36-20-22-40(58)46-37(36)21-25-45(59)53-46/h11,15,20-25,28-29,33-34,41,52,58,61H,10,12-14,16-19,26-27,30-31H2,1-9H3,(H,53,59)/t33?,34?,41?,51-/m1/s1. The van der Waals surface area contributed by atoms with Gasteiger partial charge in [-0.05, 0) is 153 Å². The number of esters is 1. The van der Waals surface area contributed by atoms with Crippen LogP contribution in [0.1, 0.15) is 123 Å². The Morgan fingerprint density at radius 1 is 1.00 bits per heavy atom. The highest BCUT2D eigenvalue weighted by molar-refractivity contribution is 7.13. The monoisotopic (exact) mass is 952 g/mol. The van der Waals surface area contributed by atoms with Crippen LogP contribution in [0.15, 0.2) is 64.8 Å². The molecule has 66 heavy (non-hydrogen) atoms. The van der Waals surface area contributed by atoms with Crippen molar-refractivity contribution in [2.45, 2.75) is 153 Å². The largest absolute Gasteiger partial charge is 0.506 e. The molecular weight excluding hydrogens is 885 g/mol. The van der Waals surface area contributed by atoms with Gasteiger partial charge in [0.05, 0.1) is 26.9 Å². The van der Waals surface area contributed by atoms with Crippen molar-refractivity contribution in [3.63, 3.8) is 0 Å². The molecule has 6 aromatic rings. The molecular formula is C51H68N6O6S2Si. The van der Waals surface area contributed by atoms with Crippen molar-refractivity contribution >= 4 is 58.9 Å². The number of thiophene rings is 2. The Kier molecular flexibility index (Phi) is 13.9. The molecule has 0 bridgehead atoms. The van der Waals surface area contributed by atoms with Gasteiger partial charge in [0.1, 0.15) is 17.4 Å². The number of aliphatic hydroxyl groups is 1. The van der Waals surface area contributed by atoms with E-state index in [9.17, 15) is 19.8 Å². The van der Waals surface area contributed by atoms with Crippen molar-refractivity contribution in [3.05, 3.63) is 107 Å². The number of H-pyrrole nitrogens is 1. The third kappa shape index (κ3) is 9.85. The van der Waals surface area contributed by atoms with Crippen LogP contribution >= 0.6 is 22.7 Å². The summed E-state index contributed by atoms with van der Waals surface area (Å²) in [4.78, 5) is 33.7. The molecule has 2 aliphatic rings. The minimum atomic E-state index is -2.23. The Morgan fingerprint density at radius 2 is 1.74 bits per heavy atom. The number of nitrogens with zero attached hydrogens (tertiary/aromatic N) is 4. The SMILES string of the molecule is CN(CCCn1nnc2cc(CNCC(O[Si](C)(C)C(C)(C)C)c3ccc(O)c4[nH]c(=O)ccc34)c3c(c21)CCC3)C1CCC(OC(=O)[C@@](O)(c2cccs2)c2ccc(C(C)(C)C)s2)CC1. The lowest BCUT2D eigenvalue weighted by Crippen LogP contribution is -2.43. The average molecular weight is 953 g/mol. The normalized spacial score (nSPS) is 18.5. The summed E-state index contributed by atoms with van der Waals surface area (Å²) in [7, 11) is -0.0345. The number of benzene rings is 2. The summed E-state index contributed by atoms with van der Waals surface area (Å²) in [6, 6.07) is 17.0. The second-order valence-corrected chi connectivity index (χ2v) is 27.9. The van der Waals surface area contributed by atoms with E-state index in [1.54, 1.807) is 12.1 Å². The summed E-state index contributed by atoms with van der Waals surface area (Å²) >= 11 is 2.85. The van der Waals surface area contributed by atoms with E-state index >= 15 is 0 Å². The third-order valence-corrected chi connectivity index (χ3v) is 21.5. The number of fused-ring (bicyclic) bond motifs is 4. The molecule has 0 amide bonds. The van der Waals surface area contributed by atoms with E-state index in [1.165, 1.54) is 45.4 Å². The number of aromatic hydroxyl groups is 1. The van der Waals surface area contributed by atoms with Gasteiger partial charge in [-0.15, -0.1) is 27.8 Å². The van der Waals surface area contributed by atoms with Crippen LogP contribution in [-0.4, -0.2) is 81.7 Å². The van der Waals surface area contributed by atoms with Crippen LogP contribution < -0.4 is 10.9 Å². The zero-order valence-electron chi connectivity index (χ0n) is 40.1. The number of aromatic nitrogens is 4. The summed E-state index contributed by atoms with van der Waals surface area (Å²) < 4.78 is 15.3. The van der Waals surface area contributed by atoms with Gasteiger partial charge in [-0.3, -0.25) is 4.79 Å². The van der Waals surface area contributed by atoms with Gasteiger partial charge in [0.25, 0.3) is 0 Å². The van der Waals surface area contributed by atoms with Crippen LogP contribution in [0, 0.1) is 0 Å². The number of nitrogens with one attached hydrogen (secondary N) is 2. The molecule has 4 aromatic heterocycles. The Bertz CT molecular complexity index is 2720. The molecule has 15 heteroatoms. The highest BCUT2D eigenvalue weighted by Gasteiger charge is 2.46. The van der Waals surface area contributed by atoms with Crippen molar-refractivity contribution in [1.29, 1.82) is 0 Å². The summed E-state index contributed by atoms with van der Waals surface area (Å²) in [5.74, 6) is -0.543. The van der Waals surface area contributed by atoms with Crippen LogP contribution in [0.3, 0.4) is 0 Å². The average Bonchev–Trinajstić information content (AvgIpc) is 4.11. The molecule has 0 spiro atoms. The summed E-state index contributed by atoms with van der Waals surface area (Å²) in [6.07, 6.45) is 6.89. The molecule has 12 nitrogen and oxygen atoms in total. The van der Waals surface area contributed by atoms with Crippen LogP contribution in [0.5, 0.6) is 5.75 Å². The van der Waals surface area contributed by atoms with Crippen molar-refractivity contribution < 1.29 is 24.2 Å². The van der Waals surface area contributed by atoms with Crippen molar-refractivity contribution in [2.75, 3.05) is 20.1 Å². The van der Waals surface area contributed by atoms with E-state index in [4.69, 9.17) is 14.3 Å². The maximum absolute atomic E-state index is 13.9. The maximum Gasteiger partial charge on any atom is 0.349 e. The Morgan fingerprint density at radius 3 is 2.44 bits per heavy atom. The Hall–Kier alpha value is -4.22. The van der Waals surface area contributed by atoms with Gasteiger partial charge in [0, 0.05) is 42.0 Å². The molecule has 4 heterocycles. The molecule has 354 valence electrons. The molecule has 1 saturated carbocycles. The molecule has 1 unspecified atom stereocenters. The molecule has 0 aliphatic heterocycles. The zero-order valence-corrected chi connectivity index (χ0v) is 42.8. The van der Waals surface area contributed by atoms with E-state index in [0.717, 1.165) is 91.3 Å². The smallest absolute Gasteiger partial charge is 0.349 e. The van der Waals surface area contributed by atoms with E-state index < -0.39 is 19.9 Å². The number of carbonyl (C=O) groups excluding carboxylic acids is 1. The topological polar surface area (TPSA) is 155 Å². The molecule has 2 aliphatic carbocycles. The predicted octanol–water partition coefficient (Wildman–Crippen LogP) is 9.85. The number of aromatic amines is 1. The minimum Gasteiger partial charge on any atom is -0.506 e. The number of phenolic OH excluding ortho intramolecular Hbond substituents is 1. The number of pyridine rings is 1. The maximum atomic E-state index is 13.9. The van der Waals surface area contributed by atoms with E-state index in [1.807, 2.05) is 35.7 Å². The molecule has 0 radical (unpaired) electrons. The summed E-state index contributed by atoms with van der Waals surface area (Å²) in [6.45, 7) is 20.5. The third-order valence-electron chi connectivity index (χ3n) is 14.4. The number of ether oxygens (including phenoxy) is 1. The van der Waals surface area contributed by atoms with Crippen LogP contribution in [0.2, 0.25) is 18.1 Å². The highest BCUT2D eigenvalue weighted by atomic mass is 32.1. The minimum absolute atomic E-state index is 0.0141. The van der Waals surface area contributed by atoms with E-state index in [-0.39, 0.29) is 34.0 Å². The van der Waals surface area contributed by atoms with E-state index in [2.05, 4.69) is 92.8 Å². The molecule has 2 aromatic carbocycles. The van der Waals surface area contributed by atoms with Gasteiger partial charge < -0.3 is 34.6 Å². The fourth-order valence-corrected chi connectivity index (χ4v) is 12.8. The number of aryl methyl sites for hydroxylation is 2. The van der Waals surface area contributed by atoms with Crippen LogP contribution in [0.4, 0.5) is 0 Å². The van der Waals surface area contributed by atoms with Gasteiger partial charge >= 0.3 is 5.97 Å². The molecule has 4 N–H and O–H groups in total. The summed E-state index contributed by atoms with van der Waals surface area (Å²) in [5.41, 5.74) is 5.26. The first-order valence-electron chi connectivity index (χ1n) is 23.6. The lowest BCUT2D eigenvalue weighted by molar-refractivity contribution is -0.169. The van der Waals surface area contributed by atoms with Crippen molar-refractivity contribution in [3.8, 4) is 5.75 Å². The van der Waals surface area contributed by atoms with Crippen molar-refractivity contribution in [1.82, 2.24) is 30.2 Å². The quantitative estimate of drug-likeness (QED) is 0.0545. The number of hydrogen-bond donors (Lipinski definition) is 4. The number of carbonyl (C=O) groups is 1. The molecule has 1 fully saturated rings. The second kappa shape index (κ2) is 19.0. The predicted molar refractivity (Wildman–Crippen MR) is 268 cm³/mol.